The number of carbonyl (C=O) groups is 2. The number of carboxylic acid groups (broad SMARTS) is 1. The molecule has 0 aliphatic heterocycles. The van der Waals surface area contributed by atoms with Crippen molar-refractivity contribution >= 4 is 29.2 Å². The van der Waals surface area contributed by atoms with Crippen molar-refractivity contribution in [2.45, 2.75) is 0 Å². The molecule has 1 amide bonds. The molecule has 3 heterocycles. The summed E-state index contributed by atoms with van der Waals surface area (Å²) in [6, 6.07) is 6.62. The van der Waals surface area contributed by atoms with Crippen molar-refractivity contribution in [3.05, 3.63) is 48.4 Å². The summed E-state index contributed by atoms with van der Waals surface area (Å²) in [5.41, 5.74) is 1.48. The van der Waals surface area contributed by atoms with Crippen molar-refractivity contribution in [2.24, 2.45) is 0 Å². The fraction of sp³-hybridized carbons (Fsp3) is 0.133. The molecule has 24 heavy (non-hydrogen) atoms. The molecule has 3 aromatic heterocycles. The van der Waals surface area contributed by atoms with E-state index in [1.807, 2.05) is 0 Å². The van der Waals surface area contributed by atoms with Crippen LogP contribution < -0.4 is 10.2 Å². The molecule has 0 aromatic carbocycles. The minimum atomic E-state index is -0.953. The molecule has 0 bridgehead atoms. The fourth-order valence-corrected chi connectivity index (χ4v) is 2.21. The third kappa shape index (κ3) is 3.14. The second-order valence-electron chi connectivity index (χ2n) is 5.04. The van der Waals surface area contributed by atoms with Crippen LogP contribution in [0.25, 0.3) is 5.65 Å². The number of hydrogen-bond acceptors (Lipinski definition) is 6. The first kappa shape index (κ1) is 15.4. The average molecular weight is 326 g/mol. The lowest BCUT2D eigenvalue weighted by atomic mass is 10.2. The molecule has 122 valence electrons. The Hall–Kier alpha value is -3.49. The molecule has 0 saturated heterocycles. The first-order chi connectivity index (χ1) is 11.5. The summed E-state index contributed by atoms with van der Waals surface area (Å²) < 4.78 is 1.48. The van der Waals surface area contributed by atoms with Crippen LogP contribution in [0.1, 0.15) is 10.4 Å². The number of carboxylic acids is 1. The van der Waals surface area contributed by atoms with Crippen molar-refractivity contribution in [2.75, 3.05) is 23.8 Å². The Labute approximate surface area is 136 Å². The van der Waals surface area contributed by atoms with Crippen molar-refractivity contribution in [3.63, 3.8) is 0 Å². The number of carbonyl (C=O) groups excluding carboxylic acids is 1. The quantitative estimate of drug-likeness (QED) is 0.716. The number of pyridine rings is 2. The summed E-state index contributed by atoms with van der Waals surface area (Å²) in [6.07, 6.45) is 4.71. The zero-order valence-electron chi connectivity index (χ0n) is 12.7. The fourth-order valence-electron chi connectivity index (χ4n) is 2.21. The van der Waals surface area contributed by atoms with Crippen LogP contribution in [0.3, 0.4) is 0 Å². The highest BCUT2D eigenvalue weighted by Crippen LogP contribution is 2.20. The lowest BCUT2D eigenvalue weighted by Crippen LogP contribution is -2.25. The van der Waals surface area contributed by atoms with Gasteiger partial charge in [0.15, 0.2) is 5.65 Å². The van der Waals surface area contributed by atoms with Crippen molar-refractivity contribution in [1.82, 2.24) is 19.6 Å². The van der Waals surface area contributed by atoms with Crippen LogP contribution in [0.4, 0.5) is 11.6 Å². The molecule has 0 fully saturated rings. The Morgan fingerprint density at radius 2 is 2.04 bits per heavy atom. The maximum Gasteiger partial charge on any atom is 0.323 e. The van der Waals surface area contributed by atoms with Gasteiger partial charge in [0.2, 0.25) is 5.95 Å². The number of amides is 1. The SMILES string of the molecule is CN(CC(=O)O)c1cccn2nc(NC(=O)c3ccncc3)nc12. The Bertz CT molecular complexity index is 893. The van der Waals surface area contributed by atoms with Gasteiger partial charge in [0.05, 0.1) is 5.69 Å². The number of nitrogens with one attached hydrogen (secondary N) is 1. The zero-order valence-corrected chi connectivity index (χ0v) is 12.7. The van der Waals surface area contributed by atoms with Gasteiger partial charge in [0.25, 0.3) is 5.91 Å². The van der Waals surface area contributed by atoms with Gasteiger partial charge in [-0.25, -0.2) is 4.52 Å². The minimum Gasteiger partial charge on any atom is -0.480 e. The highest BCUT2D eigenvalue weighted by Gasteiger charge is 2.15. The highest BCUT2D eigenvalue weighted by molar-refractivity contribution is 6.03. The number of aliphatic carboxylic acids is 1. The van der Waals surface area contributed by atoms with E-state index in [9.17, 15) is 9.59 Å². The maximum absolute atomic E-state index is 12.1. The molecule has 0 radical (unpaired) electrons. The standard InChI is InChI=1S/C15H14N6O3/c1-20(9-12(22)23)11-3-2-8-21-13(11)17-15(19-21)18-14(24)10-4-6-16-7-5-10/h2-8H,9H2,1H3,(H,22,23)(H,18,19,24). The molecule has 0 atom stereocenters. The first-order valence-electron chi connectivity index (χ1n) is 7.04. The van der Waals surface area contributed by atoms with E-state index in [0.29, 0.717) is 16.9 Å². The Morgan fingerprint density at radius 3 is 2.75 bits per heavy atom. The summed E-state index contributed by atoms with van der Waals surface area (Å²) in [5.74, 6) is -1.17. The molecule has 2 N–H and O–H groups in total. The van der Waals surface area contributed by atoms with Crippen molar-refractivity contribution < 1.29 is 14.7 Å². The van der Waals surface area contributed by atoms with E-state index in [4.69, 9.17) is 5.11 Å². The molecule has 3 rings (SSSR count). The summed E-state index contributed by atoms with van der Waals surface area (Å²) in [6.45, 7) is -0.175. The Kier molecular flexibility index (Phi) is 4.06. The van der Waals surface area contributed by atoms with Crippen molar-refractivity contribution in [1.29, 1.82) is 0 Å². The number of rotatable bonds is 5. The minimum absolute atomic E-state index is 0.132. The van der Waals surface area contributed by atoms with E-state index in [1.54, 1.807) is 42.4 Å². The third-order valence-electron chi connectivity index (χ3n) is 3.29. The normalized spacial score (nSPS) is 10.5. The lowest BCUT2D eigenvalue weighted by molar-refractivity contribution is -0.135. The van der Waals surface area contributed by atoms with E-state index >= 15 is 0 Å². The number of hydrogen-bond donors (Lipinski definition) is 2. The second-order valence-corrected chi connectivity index (χ2v) is 5.04. The Balaban J connectivity index is 1.89. The third-order valence-corrected chi connectivity index (χ3v) is 3.29. The van der Waals surface area contributed by atoms with E-state index in [1.165, 1.54) is 16.9 Å². The smallest absolute Gasteiger partial charge is 0.323 e. The monoisotopic (exact) mass is 326 g/mol. The van der Waals surface area contributed by atoms with Crippen molar-refractivity contribution in [3.8, 4) is 0 Å². The van der Waals surface area contributed by atoms with Gasteiger partial charge in [0, 0.05) is 31.2 Å². The Morgan fingerprint density at radius 1 is 1.29 bits per heavy atom. The number of nitrogens with zero attached hydrogens (tertiary/aromatic N) is 5. The molecular formula is C15H14N6O3. The molecular weight excluding hydrogens is 312 g/mol. The van der Waals surface area contributed by atoms with Gasteiger partial charge in [-0.2, -0.15) is 4.98 Å². The molecule has 0 unspecified atom stereocenters. The van der Waals surface area contributed by atoms with Gasteiger partial charge in [-0.1, -0.05) is 0 Å². The first-order valence-corrected chi connectivity index (χ1v) is 7.04. The van der Waals surface area contributed by atoms with Crippen LogP contribution in [0, 0.1) is 0 Å². The van der Waals surface area contributed by atoms with Crippen LogP contribution in [0.15, 0.2) is 42.9 Å². The van der Waals surface area contributed by atoms with Gasteiger partial charge in [-0.15, -0.1) is 5.10 Å². The van der Waals surface area contributed by atoms with Crippen LogP contribution >= 0.6 is 0 Å². The van der Waals surface area contributed by atoms with Gasteiger partial charge in [-0.3, -0.25) is 19.9 Å². The topological polar surface area (TPSA) is 113 Å². The van der Waals surface area contributed by atoms with E-state index in [-0.39, 0.29) is 18.4 Å². The molecule has 0 saturated carbocycles. The van der Waals surface area contributed by atoms with Crippen LogP contribution in [-0.2, 0) is 4.79 Å². The second kappa shape index (κ2) is 6.32. The molecule has 9 nitrogen and oxygen atoms in total. The summed E-state index contributed by atoms with van der Waals surface area (Å²) in [7, 11) is 1.65. The molecule has 0 aliphatic rings. The molecule has 3 aromatic rings. The number of likely N-dealkylation sites (N-methyl/N-ethyl adjacent to an activating group) is 1. The zero-order chi connectivity index (χ0) is 17.1. The number of aromatic nitrogens is 4. The summed E-state index contributed by atoms with van der Waals surface area (Å²) in [5, 5.41) is 15.7. The van der Waals surface area contributed by atoms with Gasteiger partial charge >= 0.3 is 5.97 Å². The molecule has 0 spiro atoms. The van der Waals surface area contributed by atoms with Gasteiger partial charge < -0.3 is 10.0 Å². The number of anilines is 2. The lowest BCUT2D eigenvalue weighted by Gasteiger charge is -2.16. The largest absolute Gasteiger partial charge is 0.480 e. The maximum atomic E-state index is 12.1. The van der Waals surface area contributed by atoms with E-state index in [2.05, 4.69) is 20.4 Å². The summed E-state index contributed by atoms with van der Waals surface area (Å²) >= 11 is 0. The summed E-state index contributed by atoms with van der Waals surface area (Å²) in [4.78, 5) is 32.7. The van der Waals surface area contributed by atoms with Crippen LogP contribution in [0.5, 0.6) is 0 Å². The van der Waals surface area contributed by atoms with Crippen LogP contribution in [-0.4, -0.2) is 50.2 Å². The average Bonchev–Trinajstić information content (AvgIpc) is 2.97. The predicted molar refractivity (Wildman–Crippen MR) is 86.1 cm³/mol. The predicted octanol–water partition coefficient (Wildman–Crippen LogP) is 0.897. The van der Waals surface area contributed by atoms with Gasteiger partial charge in [-0.05, 0) is 24.3 Å². The van der Waals surface area contributed by atoms with E-state index < -0.39 is 5.97 Å². The van der Waals surface area contributed by atoms with E-state index in [0.717, 1.165) is 0 Å². The molecule has 9 heteroatoms. The van der Waals surface area contributed by atoms with Gasteiger partial charge in [0.1, 0.15) is 6.54 Å². The molecule has 0 aliphatic carbocycles. The van der Waals surface area contributed by atoms with Crippen LogP contribution in [0.2, 0.25) is 0 Å². The number of fused-ring (bicyclic) bond motifs is 1. The highest BCUT2D eigenvalue weighted by atomic mass is 16.4.